The van der Waals surface area contributed by atoms with E-state index in [1.807, 2.05) is 36.4 Å². The van der Waals surface area contributed by atoms with Gasteiger partial charge in [0.15, 0.2) is 0 Å². The molecule has 0 atom stereocenters. The fourth-order valence-corrected chi connectivity index (χ4v) is 2.46. The molecule has 0 saturated heterocycles. The standard InChI is InChI=1S/C13H12ClNOS/c1-16-10-4-7-13(12(14)8-10)17-11-5-2-9(15)3-6-11/h2-8H,15H2,1H3. The molecule has 17 heavy (non-hydrogen) atoms. The molecule has 0 aromatic heterocycles. The maximum atomic E-state index is 6.16. The van der Waals surface area contributed by atoms with Gasteiger partial charge in [-0.3, -0.25) is 0 Å². The summed E-state index contributed by atoms with van der Waals surface area (Å²) in [6.07, 6.45) is 0. The second-order valence-corrected chi connectivity index (χ2v) is 4.99. The van der Waals surface area contributed by atoms with Crippen LogP contribution >= 0.6 is 23.4 Å². The van der Waals surface area contributed by atoms with E-state index in [9.17, 15) is 0 Å². The first-order chi connectivity index (χ1) is 8.19. The van der Waals surface area contributed by atoms with Gasteiger partial charge in [0.05, 0.1) is 12.1 Å². The van der Waals surface area contributed by atoms with Crippen molar-refractivity contribution in [2.24, 2.45) is 0 Å². The van der Waals surface area contributed by atoms with E-state index in [0.717, 1.165) is 21.2 Å². The highest BCUT2D eigenvalue weighted by Gasteiger charge is 2.04. The van der Waals surface area contributed by atoms with Gasteiger partial charge in [0.1, 0.15) is 5.75 Å². The summed E-state index contributed by atoms with van der Waals surface area (Å²) in [5.74, 6) is 0.761. The van der Waals surface area contributed by atoms with Gasteiger partial charge in [-0.1, -0.05) is 23.4 Å². The highest BCUT2D eigenvalue weighted by Crippen LogP contribution is 2.35. The molecular formula is C13H12ClNOS. The minimum Gasteiger partial charge on any atom is -0.497 e. The second kappa shape index (κ2) is 5.34. The van der Waals surface area contributed by atoms with Crippen LogP contribution in [-0.2, 0) is 0 Å². The van der Waals surface area contributed by atoms with Crippen LogP contribution < -0.4 is 10.5 Å². The third-order valence-corrected chi connectivity index (χ3v) is 3.76. The first-order valence-corrected chi connectivity index (χ1v) is 6.25. The smallest absolute Gasteiger partial charge is 0.120 e. The zero-order valence-corrected chi connectivity index (χ0v) is 10.9. The Labute approximate surface area is 110 Å². The first-order valence-electron chi connectivity index (χ1n) is 5.06. The number of hydrogen-bond acceptors (Lipinski definition) is 3. The van der Waals surface area contributed by atoms with Crippen LogP contribution in [-0.4, -0.2) is 7.11 Å². The molecule has 0 amide bonds. The lowest BCUT2D eigenvalue weighted by Crippen LogP contribution is -1.84. The van der Waals surface area contributed by atoms with Gasteiger partial charge in [-0.05, 0) is 42.5 Å². The van der Waals surface area contributed by atoms with Crippen LogP contribution in [0.15, 0.2) is 52.3 Å². The number of nitrogens with two attached hydrogens (primary N) is 1. The summed E-state index contributed by atoms with van der Waals surface area (Å²) in [5.41, 5.74) is 6.40. The fraction of sp³-hybridized carbons (Fsp3) is 0.0769. The van der Waals surface area contributed by atoms with Crippen LogP contribution in [0.2, 0.25) is 5.02 Å². The van der Waals surface area contributed by atoms with E-state index in [0.29, 0.717) is 5.02 Å². The molecule has 2 aromatic rings. The maximum absolute atomic E-state index is 6.16. The Morgan fingerprint density at radius 3 is 2.41 bits per heavy atom. The van der Waals surface area contributed by atoms with Crippen molar-refractivity contribution in [3.63, 3.8) is 0 Å². The number of rotatable bonds is 3. The van der Waals surface area contributed by atoms with E-state index in [1.165, 1.54) is 0 Å². The van der Waals surface area contributed by atoms with E-state index < -0.39 is 0 Å². The number of methoxy groups -OCH3 is 1. The minimum atomic E-state index is 0.686. The molecule has 0 bridgehead atoms. The van der Waals surface area contributed by atoms with Gasteiger partial charge >= 0.3 is 0 Å². The maximum Gasteiger partial charge on any atom is 0.120 e. The molecule has 88 valence electrons. The molecule has 2 rings (SSSR count). The predicted molar refractivity (Wildman–Crippen MR) is 73.0 cm³/mol. The molecule has 0 aliphatic heterocycles. The lowest BCUT2D eigenvalue weighted by molar-refractivity contribution is 0.414. The Morgan fingerprint density at radius 2 is 1.82 bits per heavy atom. The lowest BCUT2D eigenvalue weighted by Gasteiger charge is -2.06. The molecule has 0 aliphatic rings. The fourth-order valence-electron chi connectivity index (χ4n) is 1.35. The SMILES string of the molecule is COc1ccc(Sc2ccc(N)cc2)c(Cl)c1. The quantitative estimate of drug-likeness (QED) is 0.850. The molecule has 0 heterocycles. The third kappa shape index (κ3) is 3.08. The van der Waals surface area contributed by atoms with Gasteiger partial charge < -0.3 is 10.5 Å². The Bertz CT molecular complexity index is 513. The van der Waals surface area contributed by atoms with Crippen molar-refractivity contribution in [1.29, 1.82) is 0 Å². The van der Waals surface area contributed by atoms with Crippen molar-refractivity contribution in [3.05, 3.63) is 47.5 Å². The number of anilines is 1. The summed E-state index contributed by atoms with van der Waals surface area (Å²) < 4.78 is 5.11. The van der Waals surface area contributed by atoms with E-state index in [2.05, 4.69) is 0 Å². The first kappa shape index (κ1) is 12.1. The number of nitrogen functional groups attached to an aromatic ring is 1. The summed E-state index contributed by atoms with van der Waals surface area (Å²) in [6, 6.07) is 13.3. The Kier molecular flexibility index (Phi) is 3.82. The van der Waals surface area contributed by atoms with Crippen molar-refractivity contribution in [1.82, 2.24) is 0 Å². The summed E-state index contributed by atoms with van der Waals surface area (Å²) in [7, 11) is 1.62. The monoisotopic (exact) mass is 265 g/mol. The molecule has 0 spiro atoms. The zero-order chi connectivity index (χ0) is 12.3. The number of hydrogen-bond donors (Lipinski definition) is 1. The van der Waals surface area contributed by atoms with E-state index in [1.54, 1.807) is 24.9 Å². The highest BCUT2D eigenvalue weighted by atomic mass is 35.5. The predicted octanol–water partition coefficient (Wildman–Crippen LogP) is 4.08. The molecular weight excluding hydrogens is 254 g/mol. The minimum absolute atomic E-state index is 0.686. The average Bonchev–Trinajstić information content (AvgIpc) is 2.34. The number of ether oxygens (including phenoxy) is 1. The van der Waals surface area contributed by atoms with Gasteiger partial charge in [-0.2, -0.15) is 0 Å². The molecule has 0 unspecified atom stereocenters. The van der Waals surface area contributed by atoms with Crippen LogP contribution in [0.5, 0.6) is 5.75 Å². The highest BCUT2D eigenvalue weighted by molar-refractivity contribution is 7.99. The average molecular weight is 266 g/mol. The van der Waals surface area contributed by atoms with Crippen molar-refractivity contribution in [2.45, 2.75) is 9.79 Å². The van der Waals surface area contributed by atoms with Crippen LogP contribution in [0, 0.1) is 0 Å². The summed E-state index contributed by atoms with van der Waals surface area (Å²) in [5, 5.41) is 0.686. The van der Waals surface area contributed by atoms with E-state index in [-0.39, 0.29) is 0 Å². The summed E-state index contributed by atoms with van der Waals surface area (Å²) >= 11 is 7.76. The van der Waals surface area contributed by atoms with Crippen molar-refractivity contribution >= 4 is 29.1 Å². The lowest BCUT2D eigenvalue weighted by atomic mass is 10.3. The van der Waals surface area contributed by atoms with E-state index in [4.69, 9.17) is 22.1 Å². The second-order valence-electron chi connectivity index (χ2n) is 3.47. The van der Waals surface area contributed by atoms with Gasteiger partial charge in [0.25, 0.3) is 0 Å². The Hall–Kier alpha value is -1.32. The molecule has 2 nitrogen and oxygen atoms in total. The Morgan fingerprint density at radius 1 is 1.12 bits per heavy atom. The Balaban J connectivity index is 2.21. The third-order valence-electron chi connectivity index (χ3n) is 2.25. The molecule has 2 N–H and O–H groups in total. The topological polar surface area (TPSA) is 35.2 Å². The number of halogens is 1. The molecule has 0 fully saturated rings. The normalized spacial score (nSPS) is 10.2. The van der Waals surface area contributed by atoms with Crippen molar-refractivity contribution in [2.75, 3.05) is 12.8 Å². The van der Waals surface area contributed by atoms with Crippen molar-refractivity contribution < 1.29 is 4.74 Å². The van der Waals surface area contributed by atoms with Gasteiger partial charge in [-0.25, -0.2) is 0 Å². The molecule has 0 aliphatic carbocycles. The van der Waals surface area contributed by atoms with Crippen LogP contribution in [0.3, 0.4) is 0 Å². The van der Waals surface area contributed by atoms with Crippen LogP contribution in [0.25, 0.3) is 0 Å². The van der Waals surface area contributed by atoms with Gasteiger partial charge in [0.2, 0.25) is 0 Å². The van der Waals surface area contributed by atoms with Gasteiger partial charge in [-0.15, -0.1) is 0 Å². The zero-order valence-electron chi connectivity index (χ0n) is 9.31. The van der Waals surface area contributed by atoms with Crippen molar-refractivity contribution in [3.8, 4) is 5.75 Å². The molecule has 4 heteroatoms. The van der Waals surface area contributed by atoms with Crippen LogP contribution in [0.1, 0.15) is 0 Å². The van der Waals surface area contributed by atoms with Crippen LogP contribution in [0.4, 0.5) is 5.69 Å². The van der Waals surface area contributed by atoms with E-state index >= 15 is 0 Å². The number of benzene rings is 2. The van der Waals surface area contributed by atoms with Gasteiger partial charge in [0, 0.05) is 15.5 Å². The largest absolute Gasteiger partial charge is 0.497 e. The molecule has 0 radical (unpaired) electrons. The molecule has 0 saturated carbocycles. The summed E-state index contributed by atoms with van der Waals surface area (Å²) in [6.45, 7) is 0. The molecule has 2 aromatic carbocycles. The summed E-state index contributed by atoms with van der Waals surface area (Å²) in [4.78, 5) is 2.10.